The Labute approximate surface area is 96.3 Å². The number of nitrogens with zero attached hydrogens (tertiary/aromatic N) is 2. The van der Waals surface area contributed by atoms with E-state index in [0.29, 0.717) is 5.69 Å². The molecule has 2 rings (SSSR count). The number of hydrogen-bond acceptors (Lipinski definition) is 3. The van der Waals surface area contributed by atoms with Gasteiger partial charge in [0.05, 0.1) is 0 Å². The van der Waals surface area contributed by atoms with E-state index in [0.717, 1.165) is 42.6 Å². The van der Waals surface area contributed by atoms with Gasteiger partial charge in [0.1, 0.15) is 11.5 Å². The maximum Gasteiger partial charge on any atom is 0.168 e. The molecule has 1 aromatic rings. The fourth-order valence-electron chi connectivity index (χ4n) is 2.18. The second-order valence-corrected chi connectivity index (χ2v) is 4.73. The van der Waals surface area contributed by atoms with Crippen LogP contribution >= 0.6 is 0 Å². The monoisotopic (exact) mass is 218 g/mol. The first-order valence-electron chi connectivity index (χ1n) is 6.07. The second kappa shape index (κ2) is 4.73. The molecule has 1 heterocycles. The summed E-state index contributed by atoms with van der Waals surface area (Å²) in [5, 5.41) is 0. The van der Waals surface area contributed by atoms with Crippen LogP contribution in [0.25, 0.3) is 0 Å². The van der Waals surface area contributed by atoms with E-state index in [2.05, 4.69) is 23.8 Å². The lowest BCUT2D eigenvalue weighted by molar-refractivity contribution is 0.111. The highest BCUT2D eigenvalue weighted by molar-refractivity contribution is 5.74. The van der Waals surface area contributed by atoms with E-state index >= 15 is 0 Å². The number of hydrogen-bond donors (Lipinski definition) is 0. The molecule has 0 saturated heterocycles. The molecule has 0 aromatic carbocycles. The number of aldehydes is 1. The van der Waals surface area contributed by atoms with Gasteiger partial charge in [0.25, 0.3) is 0 Å². The molecule has 0 bridgehead atoms. The third-order valence-electron chi connectivity index (χ3n) is 3.11. The SMILES string of the molecule is CC(C)c1nc(C=O)c2c(n1)CCCCC2. The highest BCUT2D eigenvalue weighted by Crippen LogP contribution is 2.22. The maximum absolute atomic E-state index is 11.1. The zero-order valence-electron chi connectivity index (χ0n) is 9.99. The summed E-state index contributed by atoms with van der Waals surface area (Å²) in [5.74, 6) is 1.09. The van der Waals surface area contributed by atoms with E-state index in [-0.39, 0.29) is 5.92 Å². The number of aromatic nitrogens is 2. The van der Waals surface area contributed by atoms with Crippen LogP contribution in [0.1, 0.15) is 66.6 Å². The lowest BCUT2D eigenvalue weighted by Crippen LogP contribution is -2.09. The minimum Gasteiger partial charge on any atom is -0.296 e. The molecule has 1 aliphatic rings. The van der Waals surface area contributed by atoms with Crippen molar-refractivity contribution in [3.8, 4) is 0 Å². The van der Waals surface area contributed by atoms with Crippen molar-refractivity contribution >= 4 is 6.29 Å². The van der Waals surface area contributed by atoms with Crippen LogP contribution in [0.4, 0.5) is 0 Å². The van der Waals surface area contributed by atoms with Crippen LogP contribution < -0.4 is 0 Å². The summed E-state index contributed by atoms with van der Waals surface area (Å²) < 4.78 is 0. The fourth-order valence-corrected chi connectivity index (χ4v) is 2.18. The Bertz CT molecular complexity index is 399. The first kappa shape index (κ1) is 11.2. The fraction of sp³-hybridized carbons (Fsp3) is 0.615. The average molecular weight is 218 g/mol. The molecule has 0 amide bonds. The number of carbonyl (C=O) groups excluding carboxylic acids is 1. The standard InChI is InChI=1S/C13H18N2O/c1-9(2)13-14-11-7-5-3-4-6-10(11)12(8-16)15-13/h8-9H,3-7H2,1-2H3. The lowest BCUT2D eigenvalue weighted by Gasteiger charge is -2.11. The Hall–Kier alpha value is -1.25. The van der Waals surface area contributed by atoms with Gasteiger partial charge in [0.2, 0.25) is 0 Å². The number of aryl methyl sites for hydroxylation is 1. The van der Waals surface area contributed by atoms with Crippen molar-refractivity contribution < 1.29 is 4.79 Å². The second-order valence-electron chi connectivity index (χ2n) is 4.73. The van der Waals surface area contributed by atoms with E-state index in [4.69, 9.17) is 0 Å². The maximum atomic E-state index is 11.1. The van der Waals surface area contributed by atoms with Gasteiger partial charge in [-0.25, -0.2) is 9.97 Å². The topological polar surface area (TPSA) is 42.9 Å². The van der Waals surface area contributed by atoms with E-state index in [1.807, 2.05) is 0 Å². The van der Waals surface area contributed by atoms with E-state index in [1.165, 1.54) is 12.8 Å². The van der Waals surface area contributed by atoms with Gasteiger partial charge in [-0.3, -0.25) is 4.79 Å². The van der Waals surface area contributed by atoms with Crippen molar-refractivity contribution in [2.75, 3.05) is 0 Å². The molecule has 0 saturated carbocycles. The Morgan fingerprint density at radius 3 is 2.56 bits per heavy atom. The largest absolute Gasteiger partial charge is 0.296 e. The van der Waals surface area contributed by atoms with Crippen LogP contribution in [0.15, 0.2) is 0 Å². The predicted molar refractivity (Wildman–Crippen MR) is 62.8 cm³/mol. The molecule has 0 spiro atoms. The van der Waals surface area contributed by atoms with Crippen LogP contribution in [-0.4, -0.2) is 16.3 Å². The van der Waals surface area contributed by atoms with Gasteiger partial charge < -0.3 is 0 Å². The summed E-state index contributed by atoms with van der Waals surface area (Å²) in [4.78, 5) is 20.1. The van der Waals surface area contributed by atoms with Crippen LogP contribution in [0.2, 0.25) is 0 Å². The van der Waals surface area contributed by atoms with Gasteiger partial charge in [-0.1, -0.05) is 20.3 Å². The van der Waals surface area contributed by atoms with Crippen LogP contribution in [0, 0.1) is 0 Å². The molecule has 0 fully saturated rings. The summed E-state index contributed by atoms with van der Waals surface area (Å²) in [7, 11) is 0. The van der Waals surface area contributed by atoms with E-state index in [9.17, 15) is 4.79 Å². The van der Waals surface area contributed by atoms with Crippen LogP contribution in [0.5, 0.6) is 0 Å². The quantitative estimate of drug-likeness (QED) is 0.566. The summed E-state index contributed by atoms with van der Waals surface area (Å²) in [5.41, 5.74) is 2.82. The van der Waals surface area contributed by atoms with Crippen molar-refractivity contribution in [2.45, 2.75) is 51.9 Å². The Morgan fingerprint density at radius 2 is 1.88 bits per heavy atom. The van der Waals surface area contributed by atoms with Crippen molar-refractivity contribution in [2.24, 2.45) is 0 Å². The van der Waals surface area contributed by atoms with Crippen molar-refractivity contribution in [3.63, 3.8) is 0 Å². The smallest absolute Gasteiger partial charge is 0.168 e. The molecule has 1 aliphatic carbocycles. The highest BCUT2D eigenvalue weighted by atomic mass is 16.1. The summed E-state index contributed by atoms with van der Waals surface area (Å²) in [6.07, 6.45) is 6.40. The molecule has 0 unspecified atom stereocenters. The van der Waals surface area contributed by atoms with Crippen molar-refractivity contribution in [3.05, 3.63) is 22.8 Å². The molecular weight excluding hydrogens is 200 g/mol. The highest BCUT2D eigenvalue weighted by Gasteiger charge is 2.17. The minimum atomic E-state index is 0.284. The molecule has 3 nitrogen and oxygen atoms in total. The summed E-state index contributed by atoms with van der Waals surface area (Å²) in [6, 6.07) is 0. The average Bonchev–Trinajstić information content (AvgIpc) is 2.52. The number of rotatable bonds is 2. The Morgan fingerprint density at radius 1 is 1.12 bits per heavy atom. The lowest BCUT2D eigenvalue weighted by atomic mass is 10.1. The van der Waals surface area contributed by atoms with Gasteiger partial charge in [0, 0.05) is 17.2 Å². The first-order valence-corrected chi connectivity index (χ1v) is 6.07. The third-order valence-corrected chi connectivity index (χ3v) is 3.11. The zero-order chi connectivity index (χ0) is 11.5. The molecule has 0 aliphatic heterocycles. The van der Waals surface area contributed by atoms with Gasteiger partial charge in [0.15, 0.2) is 6.29 Å². The Kier molecular flexibility index (Phi) is 3.32. The predicted octanol–water partition coefficient (Wildman–Crippen LogP) is 2.68. The molecule has 0 radical (unpaired) electrons. The molecule has 0 N–H and O–H groups in total. The van der Waals surface area contributed by atoms with Gasteiger partial charge >= 0.3 is 0 Å². The molecule has 86 valence electrons. The molecule has 16 heavy (non-hydrogen) atoms. The number of carbonyl (C=O) groups is 1. The summed E-state index contributed by atoms with van der Waals surface area (Å²) >= 11 is 0. The van der Waals surface area contributed by atoms with Gasteiger partial charge in [-0.05, 0) is 25.7 Å². The number of fused-ring (bicyclic) bond motifs is 1. The molecule has 0 atom stereocenters. The van der Waals surface area contributed by atoms with Crippen molar-refractivity contribution in [1.82, 2.24) is 9.97 Å². The summed E-state index contributed by atoms with van der Waals surface area (Å²) in [6.45, 7) is 4.13. The third kappa shape index (κ3) is 2.13. The van der Waals surface area contributed by atoms with Gasteiger partial charge in [-0.2, -0.15) is 0 Å². The first-order chi connectivity index (χ1) is 7.72. The molecular formula is C13H18N2O. The normalized spacial score (nSPS) is 15.7. The van der Waals surface area contributed by atoms with Crippen LogP contribution in [0.3, 0.4) is 0 Å². The minimum absolute atomic E-state index is 0.284. The van der Waals surface area contributed by atoms with Gasteiger partial charge in [-0.15, -0.1) is 0 Å². The van der Waals surface area contributed by atoms with E-state index in [1.54, 1.807) is 0 Å². The zero-order valence-corrected chi connectivity index (χ0v) is 9.99. The van der Waals surface area contributed by atoms with Crippen LogP contribution in [-0.2, 0) is 12.8 Å². The van der Waals surface area contributed by atoms with E-state index < -0.39 is 0 Å². The molecule has 1 aromatic heterocycles. The Balaban J connectivity index is 2.50. The van der Waals surface area contributed by atoms with Crippen molar-refractivity contribution in [1.29, 1.82) is 0 Å². The molecule has 3 heteroatoms.